The van der Waals surface area contributed by atoms with Gasteiger partial charge in [-0.3, -0.25) is 9.89 Å². The normalized spacial score (nSPS) is 23.8. The van der Waals surface area contributed by atoms with Crippen molar-refractivity contribution in [2.45, 2.75) is 57.5 Å². The highest BCUT2D eigenvalue weighted by molar-refractivity contribution is 5.78. The van der Waals surface area contributed by atoms with Crippen LogP contribution in [0.1, 0.15) is 46.0 Å². The van der Waals surface area contributed by atoms with E-state index < -0.39 is 0 Å². The van der Waals surface area contributed by atoms with Gasteiger partial charge < -0.3 is 15.8 Å². The van der Waals surface area contributed by atoms with Crippen LogP contribution in [0.3, 0.4) is 0 Å². The molecule has 1 aliphatic heterocycles. The molecule has 0 aromatic carbocycles. The monoisotopic (exact) mass is 282 g/mol. The zero-order chi connectivity index (χ0) is 14.4. The Kier molecular flexibility index (Phi) is 5.66. The Morgan fingerprint density at radius 2 is 1.90 bits per heavy atom. The van der Waals surface area contributed by atoms with Crippen LogP contribution in [0.15, 0.2) is 4.99 Å². The lowest BCUT2D eigenvalue weighted by Gasteiger charge is -2.39. The Morgan fingerprint density at radius 3 is 2.55 bits per heavy atom. The molecule has 1 heterocycles. The van der Waals surface area contributed by atoms with Gasteiger partial charge in [-0.2, -0.15) is 0 Å². The molecular weight excluding hydrogens is 252 g/mol. The molecule has 5 heteroatoms. The number of hydrogen-bond donors (Lipinski definition) is 2. The summed E-state index contributed by atoms with van der Waals surface area (Å²) in [7, 11) is 0. The summed E-state index contributed by atoms with van der Waals surface area (Å²) in [6, 6.07) is 0.527. The Hall–Kier alpha value is -0.810. The summed E-state index contributed by atoms with van der Waals surface area (Å²) in [4.78, 5) is 7.00. The number of rotatable bonds is 4. The van der Waals surface area contributed by atoms with Crippen LogP contribution in [0.4, 0.5) is 0 Å². The van der Waals surface area contributed by atoms with E-state index in [-0.39, 0.29) is 5.54 Å². The number of nitrogens with one attached hydrogen (secondary N) is 1. The van der Waals surface area contributed by atoms with Gasteiger partial charge in [-0.1, -0.05) is 19.3 Å². The number of nitrogens with two attached hydrogens (primary N) is 1. The number of guanidine groups is 1. The molecule has 3 N–H and O–H groups in total. The molecule has 1 saturated heterocycles. The van der Waals surface area contributed by atoms with Crippen molar-refractivity contribution >= 4 is 5.96 Å². The summed E-state index contributed by atoms with van der Waals surface area (Å²) in [5.41, 5.74) is 6.08. The summed E-state index contributed by atoms with van der Waals surface area (Å²) in [5.74, 6) is 0.609. The Balaban J connectivity index is 1.79. The van der Waals surface area contributed by atoms with Gasteiger partial charge in [0.2, 0.25) is 0 Å². The van der Waals surface area contributed by atoms with Crippen molar-refractivity contribution < 1.29 is 4.74 Å². The third kappa shape index (κ3) is 4.63. The number of aliphatic imine (C=N–C) groups is 1. The summed E-state index contributed by atoms with van der Waals surface area (Å²) in [6.45, 7) is 8.81. The first-order valence-electron chi connectivity index (χ1n) is 7.97. The Labute approximate surface area is 122 Å². The second-order valence-corrected chi connectivity index (χ2v) is 6.59. The van der Waals surface area contributed by atoms with Crippen molar-refractivity contribution in [3.8, 4) is 0 Å². The largest absolute Gasteiger partial charge is 0.379 e. The molecule has 20 heavy (non-hydrogen) atoms. The van der Waals surface area contributed by atoms with Gasteiger partial charge in [-0.25, -0.2) is 0 Å². The van der Waals surface area contributed by atoms with Gasteiger partial charge in [0.05, 0.1) is 19.8 Å². The zero-order valence-electron chi connectivity index (χ0n) is 13.0. The van der Waals surface area contributed by atoms with E-state index in [4.69, 9.17) is 10.5 Å². The van der Waals surface area contributed by atoms with Crippen molar-refractivity contribution in [3.63, 3.8) is 0 Å². The van der Waals surface area contributed by atoms with Gasteiger partial charge in [0.1, 0.15) is 0 Å². The SMILES string of the molecule is CC(C)(CN=C(N)NC1CCCCC1)N1CCOCC1. The Bertz CT molecular complexity index is 318. The van der Waals surface area contributed by atoms with Crippen LogP contribution in [0.2, 0.25) is 0 Å². The van der Waals surface area contributed by atoms with E-state index in [1.54, 1.807) is 0 Å². The number of nitrogens with zero attached hydrogens (tertiary/aromatic N) is 2. The van der Waals surface area contributed by atoms with E-state index in [9.17, 15) is 0 Å². The molecule has 0 bridgehead atoms. The number of ether oxygens (including phenoxy) is 1. The summed E-state index contributed by atoms with van der Waals surface area (Å²) in [6.07, 6.45) is 6.43. The molecule has 0 spiro atoms. The molecule has 0 unspecified atom stereocenters. The predicted octanol–water partition coefficient (Wildman–Crippen LogP) is 1.33. The second-order valence-electron chi connectivity index (χ2n) is 6.59. The lowest BCUT2D eigenvalue weighted by molar-refractivity contribution is -0.00683. The van der Waals surface area contributed by atoms with Crippen LogP contribution < -0.4 is 11.1 Å². The topological polar surface area (TPSA) is 62.9 Å². The van der Waals surface area contributed by atoms with Crippen LogP contribution >= 0.6 is 0 Å². The predicted molar refractivity (Wildman–Crippen MR) is 83.0 cm³/mol. The first kappa shape index (κ1) is 15.6. The maximum atomic E-state index is 6.04. The molecule has 2 rings (SSSR count). The zero-order valence-corrected chi connectivity index (χ0v) is 13.0. The lowest BCUT2D eigenvalue weighted by atomic mass is 9.96. The van der Waals surface area contributed by atoms with Gasteiger partial charge in [0, 0.05) is 24.7 Å². The minimum atomic E-state index is 0.0443. The molecular formula is C15H30N4O. The molecule has 0 aromatic rings. The smallest absolute Gasteiger partial charge is 0.188 e. The van der Waals surface area contributed by atoms with E-state index in [0.29, 0.717) is 12.0 Å². The van der Waals surface area contributed by atoms with E-state index in [0.717, 1.165) is 32.8 Å². The van der Waals surface area contributed by atoms with Crippen LogP contribution in [-0.2, 0) is 4.74 Å². The molecule has 1 saturated carbocycles. The minimum Gasteiger partial charge on any atom is -0.379 e. The van der Waals surface area contributed by atoms with Gasteiger partial charge in [-0.15, -0.1) is 0 Å². The number of hydrogen-bond acceptors (Lipinski definition) is 3. The van der Waals surface area contributed by atoms with Crippen molar-refractivity contribution in [2.24, 2.45) is 10.7 Å². The van der Waals surface area contributed by atoms with E-state index in [1.807, 2.05) is 0 Å². The van der Waals surface area contributed by atoms with Gasteiger partial charge in [0.25, 0.3) is 0 Å². The highest BCUT2D eigenvalue weighted by atomic mass is 16.5. The quantitative estimate of drug-likeness (QED) is 0.603. The molecule has 2 aliphatic rings. The maximum absolute atomic E-state index is 6.04. The molecule has 0 amide bonds. The Morgan fingerprint density at radius 1 is 1.25 bits per heavy atom. The first-order chi connectivity index (χ1) is 9.58. The fourth-order valence-corrected chi connectivity index (χ4v) is 3.05. The molecule has 116 valence electrons. The first-order valence-corrected chi connectivity index (χ1v) is 7.97. The van der Waals surface area contributed by atoms with Crippen molar-refractivity contribution in [3.05, 3.63) is 0 Å². The third-order valence-corrected chi connectivity index (χ3v) is 4.46. The standard InChI is InChI=1S/C15H30N4O/c1-15(2,19-8-10-20-11-9-19)12-17-14(16)18-13-6-4-3-5-7-13/h13H,3-12H2,1-2H3,(H3,16,17,18). The molecule has 0 atom stereocenters. The average molecular weight is 282 g/mol. The van der Waals surface area contributed by atoms with Crippen molar-refractivity contribution in [2.75, 3.05) is 32.8 Å². The molecule has 2 fully saturated rings. The van der Waals surface area contributed by atoms with Crippen LogP contribution in [-0.4, -0.2) is 55.3 Å². The summed E-state index contributed by atoms with van der Waals surface area (Å²) in [5, 5.41) is 3.38. The van der Waals surface area contributed by atoms with Crippen LogP contribution in [0, 0.1) is 0 Å². The fourth-order valence-electron chi connectivity index (χ4n) is 3.05. The second kappa shape index (κ2) is 7.27. The van der Waals surface area contributed by atoms with E-state index >= 15 is 0 Å². The third-order valence-electron chi connectivity index (χ3n) is 4.46. The molecule has 5 nitrogen and oxygen atoms in total. The fraction of sp³-hybridized carbons (Fsp3) is 0.933. The highest BCUT2D eigenvalue weighted by Gasteiger charge is 2.28. The van der Waals surface area contributed by atoms with Gasteiger partial charge >= 0.3 is 0 Å². The van der Waals surface area contributed by atoms with Crippen molar-refractivity contribution in [1.29, 1.82) is 0 Å². The molecule has 1 aliphatic carbocycles. The van der Waals surface area contributed by atoms with Crippen molar-refractivity contribution in [1.82, 2.24) is 10.2 Å². The maximum Gasteiger partial charge on any atom is 0.188 e. The average Bonchev–Trinajstić information content (AvgIpc) is 2.47. The molecule has 0 radical (unpaired) electrons. The lowest BCUT2D eigenvalue weighted by Crippen LogP contribution is -2.52. The van der Waals surface area contributed by atoms with Crippen LogP contribution in [0.5, 0.6) is 0 Å². The number of morpholine rings is 1. The molecule has 0 aromatic heterocycles. The minimum absolute atomic E-state index is 0.0443. The summed E-state index contributed by atoms with van der Waals surface area (Å²) >= 11 is 0. The van der Waals surface area contributed by atoms with E-state index in [2.05, 4.69) is 29.1 Å². The summed E-state index contributed by atoms with van der Waals surface area (Å²) < 4.78 is 5.41. The van der Waals surface area contributed by atoms with Gasteiger partial charge in [0.15, 0.2) is 5.96 Å². The van der Waals surface area contributed by atoms with Crippen LogP contribution in [0.25, 0.3) is 0 Å². The van der Waals surface area contributed by atoms with E-state index in [1.165, 1.54) is 32.1 Å². The van der Waals surface area contributed by atoms with Gasteiger partial charge in [-0.05, 0) is 26.7 Å². The highest BCUT2D eigenvalue weighted by Crippen LogP contribution is 2.18.